The Hall–Kier alpha value is -1.03. The van der Waals surface area contributed by atoms with Gasteiger partial charge in [-0.15, -0.1) is 0 Å². The zero-order chi connectivity index (χ0) is 9.90. The Bertz CT molecular complexity index is 259. The molecule has 74 valence electrons. The normalized spacial score (nSPS) is 11.7. The Balaban J connectivity index is 2.46. The molecule has 0 atom stereocenters. The molecule has 13 heavy (non-hydrogen) atoms. The van der Waals surface area contributed by atoms with Gasteiger partial charge in [0, 0.05) is 30.9 Å². The summed E-state index contributed by atoms with van der Waals surface area (Å²) in [5.74, 6) is 0.889. The van der Waals surface area contributed by atoms with Crippen LogP contribution in [0, 0.1) is 0 Å². The molecule has 0 saturated carbocycles. The topological polar surface area (TPSA) is 55.9 Å². The third-order valence-corrected chi connectivity index (χ3v) is 1.69. The second kappa shape index (κ2) is 3.79. The van der Waals surface area contributed by atoms with Crippen LogP contribution in [0.3, 0.4) is 0 Å². The molecule has 0 aliphatic heterocycles. The van der Waals surface area contributed by atoms with Gasteiger partial charge in [0.2, 0.25) is 0 Å². The summed E-state index contributed by atoms with van der Waals surface area (Å²) >= 11 is 0. The minimum absolute atomic E-state index is 0.198. The molecule has 0 fully saturated rings. The fraction of sp³-hybridized carbons (Fsp3) is 0.667. The van der Waals surface area contributed by atoms with E-state index in [4.69, 9.17) is 5.73 Å². The van der Waals surface area contributed by atoms with E-state index in [9.17, 15) is 0 Å². The molecule has 0 saturated heterocycles. The van der Waals surface area contributed by atoms with E-state index >= 15 is 0 Å². The van der Waals surface area contributed by atoms with Gasteiger partial charge in [0.05, 0.1) is 0 Å². The van der Waals surface area contributed by atoms with E-state index in [2.05, 4.69) is 17.3 Å². The summed E-state index contributed by atoms with van der Waals surface area (Å²) in [4.78, 5) is 0. The molecule has 0 bridgehead atoms. The van der Waals surface area contributed by atoms with E-state index in [1.165, 1.54) is 0 Å². The number of hydrogen-bond acceptors (Lipinski definition) is 3. The van der Waals surface area contributed by atoms with E-state index < -0.39 is 0 Å². The summed E-state index contributed by atoms with van der Waals surface area (Å²) in [6.07, 6.45) is 1.95. The number of nitrogens with two attached hydrogens (primary N) is 1. The maximum atomic E-state index is 5.83. The molecule has 3 N–H and O–H groups in total. The number of rotatable bonds is 4. The highest BCUT2D eigenvalue weighted by Crippen LogP contribution is 2.04. The third kappa shape index (κ3) is 3.46. The van der Waals surface area contributed by atoms with Crippen molar-refractivity contribution in [1.82, 2.24) is 9.78 Å². The maximum Gasteiger partial charge on any atom is 0.148 e. The number of aromatic nitrogens is 2. The number of nitrogens with one attached hydrogen (secondary N) is 1. The van der Waals surface area contributed by atoms with E-state index in [0.717, 1.165) is 18.9 Å². The molecule has 1 aromatic rings. The van der Waals surface area contributed by atoms with Crippen LogP contribution in [0.4, 0.5) is 5.82 Å². The average molecular weight is 182 g/mol. The monoisotopic (exact) mass is 182 g/mol. The summed E-state index contributed by atoms with van der Waals surface area (Å²) in [7, 11) is 0. The lowest BCUT2D eigenvalue weighted by Crippen LogP contribution is -2.39. The van der Waals surface area contributed by atoms with Crippen LogP contribution in [0.1, 0.15) is 20.8 Å². The molecule has 0 radical (unpaired) electrons. The first kappa shape index (κ1) is 10.1. The third-order valence-electron chi connectivity index (χ3n) is 1.69. The molecule has 0 aliphatic carbocycles. The van der Waals surface area contributed by atoms with Crippen LogP contribution < -0.4 is 11.1 Å². The van der Waals surface area contributed by atoms with Crippen LogP contribution >= 0.6 is 0 Å². The molecule has 1 rings (SSSR count). The van der Waals surface area contributed by atoms with Gasteiger partial charge in [0.1, 0.15) is 5.82 Å². The molecule has 1 aromatic heterocycles. The van der Waals surface area contributed by atoms with Crippen molar-refractivity contribution in [2.45, 2.75) is 32.9 Å². The highest BCUT2D eigenvalue weighted by atomic mass is 15.3. The standard InChI is InChI=1S/C9H18N4/c1-4-13-6-5-8(12-13)11-7-9(2,3)10/h5-6H,4,7,10H2,1-3H3,(H,11,12). The zero-order valence-corrected chi connectivity index (χ0v) is 8.54. The lowest BCUT2D eigenvalue weighted by Gasteiger charge is -2.18. The molecule has 4 nitrogen and oxygen atoms in total. The lowest BCUT2D eigenvalue weighted by atomic mass is 10.1. The second-order valence-corrected chi connectivity index (χ2v) is 3.90. The Morgan fingerprint density at radius 1 is 1.62 bits per heavy atom. The van der Waals surface area contributed by atoms with Gasteiger partial charge in [0.15, 0.2) is 0 Å². The Morgan fingerprint density at radius 3 is 2.77 bits per heavy atom. The van der Waals surface area contributed by atoms with Gasteiger partial charge in [0.25, 0.3) is 0 Å². The van der Waals surface area contributed by atoms with Crippen LogP contribution in [0.5, 0.6) is 0 Å². The fourth-order valence-electron chi connectivity index (χ4n) is 0.950. The summed E-state index contributed by atoms with van der Waals surface area (Å²) in [6.45, 7) is 7.65. The van der Waals surface area contributed by atoms with Gasteiger partial charge in [-0.3, -0.25) is 4.68 Å². The van der Waals surface area contributed by atoms with Gasteiger partial charge < -0.3 is 11.1 Å². The zero-order valence-electron chi connectivity index (χ0n) is 8.54. The summed E-state index contributed by atoms with van der Waals surface area (Å²) in [5.41, 5.74) is 5.63. The van der Waals surface area contributed by atoms with Gasteiger partial charge >= 0.3 is 0 Å². The maximum absolute atomic E-state index is 5.83. The molecule has 0 amide bonds. The Morgan fingerprint density at radius 2 is 2.31 bits per heavy atom. The first-order chi connectivity index (χ1) is 6.01. The van der Waals surface area contributed by atoms with Crippen LogP contribution in [-0.2, 0) is 6.54 Å². The molecule has 0 aliphatic rings. The van der Waals surface area contributed by atoms with Crippen LogP contribution in [0.25, 0.3) is 0 Å². The van der Waals surface area contributed by atoms with Crippen molar-refractivity contribution >= 4 is 5.82 Å². The van der Waals surface area contributed by atoms with E-state index in [0.29, 0.717) is 0 Å². The predicted molar refractivity (Wildman–Crippen MR) is 54.7 cm³/mol. The smallest absolute Gasteiger partial charge is 0.148 e. The summed E-state index contributed by atoms with van der Waals surface area (Å²) in [5, 5.41) is 7.46. The van der Waals surface area contributed by atoms with Crippen LogP contribution in [-0.4, -0.2) is 21.9 Å². The van der Waals surface area contributed by atoms with Crippen molar-refractivity contribution < 1.29 is 0 Å². The van der Waals surface area contributed by atoms with E-state index in [1.807, 2.05) is 30.8 Å². The first-order valence-electron chi connectivity index (χ1n) is 4.57. The molecule has 0 spiro atoms. The molecule has 4 heteroatoms. The molecular weight excluding hydrogens is 164 g/mol. The summed E-state index contributed by atoms with van der Waals surface area (Å²) in [6, 6.07) is 1.95. The SMILES string of the molecule is CCn1ccc(NCC(C)(C)N)n1. The van der Waals surface area contributed by atoms with Gasteiger partial charge in [-0.05, 0) is 20.8 Å². The molecular formula is C9H18N4. The van der Waals surface area contributed by atoms with Crippen molar-refractivity contribution in [1.29, 1.82) is 0 Å². The molecule has 0 aromatic carbocycles. The lowest BCUT2D eigenvalue weighted by molar-refractivity contribution is 0.547. The van der Waals surface area contributed by atoms with Crippen molar-refractivity contribution in [3.63, 3.8) is 0 Å². The predicted octanol–water partition coefficient (Wildman–Crippen LogP) is 1.05. The first-order valence-corrected chi connectivity index (χ1v) is 4.57. The van der Waals surface area contributed by atoms with Gasteiger partial charge in [-0.1, -0.05) is 0 Å². The van der Waals surface area contributed by atoms with E-state index in [1.54, 1.807) is 0 Å². The number of aryl methyl sites for hydroxylation is 1. The van der Waals surface area contributed by atoms with Crippen LogP contribution in [0.2, 0.25) is 0 Å². The minimum Gasteiger partial charge on any atom is -0.367 e. The second-order valence-electron chi connectivity index (χ2n) is 3.90. The number of hydrogen-bond donors (Lipinski definition) is 2. The Kier molecular flexibility index (Phi) is 2.93. The van der Waals surface area contributed by atoms with Gasteiger partial charge in [-0.2, -0.15) is 5.10 Å². The largest absolute Gasteiger partial charge is 0.367 e. The van der Waals surface area contributed by atoms with Crippen molar-refractivity contribution in [3.8, 4) is 0 Å². The minimum atomic E-state index is -0.198. The fourth-order valence-corrected chi connectivity index (χ4v) is 0.950. The molecule has 1 heterocycles. The number of nitrogens with zero attached hydrogens (tertiary/aromatic N) is 2. The van der Waals surface area contributed by atoms with Gasteiger partial charge in [-0.25, -0.2) is 0 Å². The average Bonchev–Trinajstić information content (AvgIpc) is 2.47. The highest BCUT2D eigenvalue weighted by Gasteiger charge is 2.10. The quantitative estimate of drug-likeness (QED) is 0.732. The highest BCUT2D eigenvalue weighted by molar-refractivity contribution is 5.32. The number of anilines is 1. The van der Waals surface area contributed by atoms with Crippen molar-refractivity contribution in [2.75, 3.05) is 11.9 Å². The molecule has 0 unspecified atom stereocenters. The van der Waals surface area contributed by atoms with Crippen LogP contribution in [0.15, 0.2) is 12.3 Å². The summed E-state index contributed by atoms with van der Waals surface area (Å²) < 4.78 is 1.88. The van der Waals surface area contributed by atoms with Crippen molar-refractivity contribution in [2.24, 2.45) is 5.73 Å². The Labute approximate surface area is 79.1 Å². The van der Waals surface area contributed by atoms with Crippen molar-refractivity contribution in [3.05, 3.63) is 12.3 Å². The van der Waals surface area contributed by atoms with E-state index in [-0.39, 0.29) is 5.54 Å².